The molecule has 2 N–H and O–H groups in total. The van der Waals surface area contributed by atoms with Crippen LogP contribution in [0.15, 0.2) is 0 Å². The Bertz CT molecular complexity index is 595. The van der Waals surface area contributed by atoms with E-state index in [-0.39, 0.29) is 17.9 Å². The highest BCUT2D eigenvalue weighted by Crippen LogP contribution is 2.18. The second-order valence-corrected chi connectivity index (χ2v) is 3.27. The average Bonchev–Trinajstić information content (AvgIpc) is 2.56. The van der Waals surface area contributed by atoms with Crippen LogP contribution in [-0.4, -0.2) is 32.4 Å². The van der Waals surface area contributed by atoms with E-state index in [0.717, 1.165) is 4.63 Å². The zero-order chi connectivity index (χ0) is 12.6. The molecule has 0 aliphatic carbocycles. The number of halogens is 1. The molecule has 0 radical (unpaired) electrons. The quantitative estimate of drug-likeness (QED) is 0.759. The van der Waals surface area contributed by atoms with E-state index in [2.05, 4.69) is 19.9 Å². The minimum absolute atomic E-state index is 0.0713. The third kappa shape index (κ3) is 1.77. The van der Waals surface area contributed by atoms with Gasteiger partial charge in [-0.05, 0) is 13.8 Å². The molecule has 7 nitrogen and oxygen atoms in total. The maximum atomic E-state index is 13.9. The fourth-order valence-corrected chi connectivity index (χ4v) is 1.39. The van der Waals surface area contributed by atoms with Crippen molar-refractivity contribution in [3.63, 3.8) is 0 Å². The molecule has 2 aromatic rings. The summed E-state index contributed by atoms with van der Waals surface area (Å²) in [4.78, 5) is 15.2. The maximum absolute atomic E-state index is 13.9. The minimum Gasteiger partial charge on any atom is -0.461 e. The number of carbonyl (C=O) groups is 1. The third-order valence-electron chi connectivity index (χ3n) is 2.04. The van der Waals surface area contributed by atoms with Crippen molar-refractivity contribution < 1.29 is 13.9 Å². The van der Waals surface area contributed by atoms with Crippen LogP contribution in [0.5, 0.6) is 0 Å². The second-order valence-electron chi connectivity index (χ2n) is 3.27. The molecule has 2 aromatic heterocycles. The molecule has 0 amide bonds. The molecule has 0 aliphatic heterocycles. The number of aryl methyl sites for hydroxylation is 1. The molecule has 2 heterocycles. The van der Waals surface area contributed by atoms with Gasteiger partial charge in [-0.15, -0.1) is 14.8 Å². The number of nitrogen functional groups attached to an aromatic ring is 1. The topological polar surface area (TPSA) is 95.4 Å². The molecule has 0 atom stereocenters. The van der Waals surface area contributed by atoms with Gasteiger partial charge in [0.05, 0.1) is 6.61 Å². The Morgan fingerprint density at radius 1 is 1.53 bits per heavy atom. The first-order chi connectivity index (χ1) is 8.04. The molecule has 90 valence electrons. The lowest BCUT2D eigenvalue weighted by molar-refractivity contribution is 0.0513. The van der Waals surface area contributed by atoms with Gasteiger partial charge in [0.15, 0.2) is 17.2 Å². The third-order valence-corrected chi connectivity index (χ3v) is 2.04. The zero-order valence-corrected chi connectivity index (χ0v) is 9.27. The van der Waals surface area contributed by atoms with Crippen LogP contribution in [0, 0.1) is 12.7 Å². The number of esters is 1. The van der Waals surface area contributed by atoms with E-state index < -0.39 is 17.5 Å². The van der Waals surface area contributed by atoms with Gasteiger partial charge in [-0.1, -0.05) is 0 Å². The average molecular weight is 239 g/mol. The smallest absolute Gasteiger partial charge is 0.362 e. The standard InChI is InChI=1S/C9H10FN5O2/c1-3-17-9(16)6-5(10)7-8(11)12-4(2)13-15(7)14-6/h3H2,1-2H3,(H2,11,12,13). The fourth-order valence-electron chi connectivity index (χ4n) is 1.39. The summed E-state index contributed by atoms with van der Waals surface area (Å²) in [6, 6.07) is 0. The highest BCUT2D eigenvalue weighted by atomic mass is 19.1. The zero-order valence-electron chi connectivity index (χ0n) is 9.27. The summed E-state index contributed by atoms with van der Waals surface area (Å²) in [5.74, 6) is -1.47. The molecule has 0 saturated carbocycles. The van der Waals surface area contributed by atoms with Crippen LogP contribution in [0.25, 0.3) is 5.52 Å². The van der Waals surface area contributed by atoms with Crippen LogP contribution >= 0.6 is 0 Å². The van der Waals surface area contributed by atoms with E-state index in [1.807, 2.05) is 0 Å². The summed E-state index contributed by atoms with van der Waals surface area (Å²) in [7, 11) is 0. The number of rotatable bonds is 2. The van der Waals surface area contributed by atoms with E-state index in [0.29, 0.717) is 5.82 Å². The van der Waals surface area contributed by atoms with Crippen molar-refractivity contribution in [2.45, 2.75) is 13.8 Å². The number of ether oxygens (including phenoxy) is 1. The van der Waals surface area contributed by atoms with Gasteiger partial charge in [0, 0.05) is 0 Å². The van der Waals surface area contributed by atoms with Gasteiger partial charge in [-0.3, -0.25) is 0 Å². The fraction of sp³-hybridized carbons (Fsp3) is 0.333. The SMILES string of the molecule is CCOC(=O)c1nn2nc(C)nc(N)c2c1F. The van der Waals surface area contributed by atoms with E-state index in [4.69, 9.17) is 5.73 Å². The highest BCUT2D eigenvalue weighted by Gasteiger charge is 2.23. The lowest BCUT2D eigenvalue weighted by Crippen LogP contribution is -2.07. The number of aromatic nitrogens is 4. The second kappa shape index (κ2) is 3.96. The number of fused-ring (bicyclic) bond motifs is 1. The van der Waals surface area contributed by atoms with Crippen LogP contribution in [-0.2, 0) is 4.74 Å². The Balaban J connectivity index is 2.64. The van der Waals surface area contributed by atoms with Gasteiger partial charge in [-0.25, -0.2) is 14.2 Å². The summed E-state index contributed by atoms with van der Waals surface area (Å²) in [6.45, 7) is 3.33. The minimum atomic E-state index is -0.874. The Kier molecular flexibility index (Phi) is 2.62. The lowest BCUT2D eigenvalue weighted by atomic mass is 10.3. The largest absolute Gasteiger partial charge is 0.461 e. The van der Waals surface area contributed by atoms with E-state index in [1.165, 1.54) is 0 Å². The number of hydrogen-bond donors (Lipinski definition) is 1. The number of nitrogens with zero attached hydrogens (tertiary/aromatic N) is 4. The summed E-state index contributed by atoms with van der Waals surface area (Å²) in [6.07, 6.45) is 0. The monoisotopic (exact) mass is 239 g/mol. The van der Waals surface area contributed by atoms with Crippen molar-refractivity contribution in [3.05, 3.63) is 17.3 Å². The van der Waals surface area contributed by atoms with Crippen LogP contribution in [0.2, 0.25) is 0 Å². The molecule has 0 spiro atoms. The summed E-state index contributed by atoms with van der Waals surface area (Å²) in [5.41, 5.74) is 4.97. The Labute approximate surface area is 95.4 Å². The van der Waals surface area contributed by atoms with Gasteiger partial charge >= 0.3 is 5.97 Å². The van der Waals surface area contributed by atoms with Gasteiger partial charge in [0.25, 0.3) is 0 Å². The van der Waals surface area contributed by atoms with Gasteiger partial charge < -0.3 is 10.5 Å². The van der Waals surface area contributed by atoms with Crippen LogP contribution in [0.3, 0.4) is 0 Å². The molecule has 0 fully saturated rings. The van der Waals surface area contributed by atoms with Crippen molar-refractivity contribution in [1.82, 2.24) is 19.8 Å². The van der Waals surface area contributed by atoms with Crippen LogP contribution in [0.4, 0.5) is 10.2 Å². The van der Waals surface area contributed by atoms with Crippen molar-refractivity contribution in [2.75, 3.05) is 12.3 Å². The van der Waals surface area contributed by atoms with E-state index >= 15 is 0 Å². The first-order valence-corrected chi connectivity index (χ1v) is 4.90. The first-order valence-electron chi connectivity index (χ1n) is 4.90. The molecular weight excluding hydrogens is 229 g/mol. The normalized spacial score (nSPS) is 10.8. The van der Waals surface area contributed by atoms with Crippen molar-refractivity contribution in [3.8, 4) is 0 Å². The number of anilines is 1. The summed E-state index contributed by atoms with van der Waals surface area (Å²) < 4.78 is 19.5. The predicted octanol–water partition coefficient (Wildman–Crippen LogP) is 0.331. The lowest BCUT2D eigenvalue weighted by Gasteiger charge is -1.97. The molecule has 0 bridgehead atoms. The molecule has 8 heteroatoms. The Hall–Kier alpha value is -2.25. The Morgan fingerprint density at radius 3 is 2.88 bits per heavy atom. The maximum Gasteiger partial charge on any atom is 0.362 e. The number of carbonyl (C=O) groups excluding carboxylic acids is 1. The Morgan fingerprint density at radius 2 is 2.24 bits per heavy atom. The molecule has 0 saturated heterocycles. The first kappa shape index (κ1) is 11.2. The molecular formula is C9H10FN5O2. The highest BCUT2D eigenvalue weighted by molar-refractivity contribution is 5.90. The van der Waals surface area contributed by atoms with Crippen LogP contribution < -0.4 is 5.73 Å². The van der Waals surface area contributed by atoms with Gasteiger partial charge in [0.1, 0.15) is 5.82 Å². The molecule has 0 aliphatic rings. The predicted molar refractivity (Wildman–Crippen MR) is 55.8 cm³/mol. The van der Waals surface area contributed by atoms with Crippen molar-refractivity contribution >= 4 is 17.3 Å². The molecule has 17 heavy (non-hydrogen) atoms. The van der Waals surface area contributed by atoms with Crippen molar-refractivity contribution in [2.24, 2.45) is 0 Å². The molecule has 0 aromatic carbocycles. The molecule has 2 rings (SSSR count). The van der Waals surface area contributed by atoms with Crippen molar-refractivity contribution in [1.29, 1.82) is 0 Å². The number of nitrogens with two attached hydrogens (primary N) is 1. The van der Waals surface area contributed by atoms with E-state index in [9.17, 15) is 9.18 Å². The molecule has 0 unspecified atom stereocenters. The number of hydrogen-bond acceptors (Lipinski definition) is 6. The van der Waals surface area contributed by atoms with Gasteiger partial charge in [-0.2, -0.15) is 0 Å². The summed E-state index contributed by atoms with van der Waals surface area (Å²) >= 11 is 0. The summed E-state index contributed by atoms with van der Waals surface area (Å²) in [5, 5.41) is 7.52. The van der Waals surface area contributed by atoms with Gasteiger partial charge in [0.2, 0.25) is 5.69 Å². The van der Waals surface area contributed by atoms with Crippen LogP contribution in [0.1, 0.15) is 23.2 Å². The van der Waals surface area contributed by atoms with E-state index in [1.54, 1.807) is 13.8 Å².